The summed E-state index contributed by atoms with van der Waals surface area (Å²) in [6.45, 7) is 5.53. The summed E-state index contributed by atoms with van der Waals surface area (Å²) in [6, 6.07) is 2.77. The third-order valence-corrected chi connectivity index (χ3v) is 3.24. The molecule has 1 unspecified atom stereocenters. The quantitative estimate of drug-likeness (QED) is 0.748. The number of hydrogen-bond acceptors (Lipinski definition) is 4. The second-order valence-electron chi connectivity index (χ2n) is 4.67. The number of esters is 1. The second kappa shape index (κ2) is 3.55. The van der Waals surface area contributed by atoms with E-state index in [9.17, 15) is 9.59 Å². The number of aromatic carboxylic acids is 1. The molecule has 0 saturated heterocycles. The van der Waals surface area contributed by atoms with Crippen molar-refractivity contribution in [1.29, 1.82) is 0 Å². The largest absolute Gasteiger partial charge is 0.477 e. The third kappa shape index (κ3) is 1.67. The van der Waals surface area contributed by atoms with Gasteiger partial charge >= 0.3 is 11.9 Å². The minimum Gasteiger partial charge on any atom is -0.477 e. The summed E-state index contributed by atoms with van der Waals surface area (Å²) < 4.78 is 5.20. The van der Waals surface area contributed by atoms with E-state index in [-0.39, 0.29) is 11.8 Å². The Hall–Kier alpha value is -1.91. The average molecular weight is 235 g/mol. The van der Waals surface area contributed by atoms with Gasteiger partial charge in [0, 0.05) is 5.41 Å². The molecule has 0 fully saturated rings. The van der Waals surface area contributed by atoms with Crippen LogP contribution >= 0.6 is 0 Å². The molecular weight excluding hydrogens is 222 g/mol. The van der Waals surface area contributed by atoms with Crippen LogP contribution in [0.15, 0.2) is 12.1 Å². The van der Waals surface area contributed by atoms with E-state index in [0.29, 0.717) is 11.3 Å². The van der Waals surface area contributed by atoms with E-state index in [1.807, 2.05) is 13.8 Å². The number of fused-ring (bicyclic) bond motifs is 1. The minimum absolute atomic E-state index is 0.0567. The molecule has 0 saturated carbocycles. The van der Waals surface area contributed by atoms with Gasteiger partial charge in [-0.2, -0.15) is 0 Å². The number of rotatable bonds is 1. The van der Waals surface area contributed by atoms with Gasteiger partial charge in [0.2, 0.25) is 0 Å². The molecule has 0 aliphatic carbocycles. The fraction of sp³-hybridized carbons (Fsp3) is 0.417. The van der Waals surface area contributed by atoms with Gasteiger partial charge in [-0.25, -0.2) is 14.6 Å². The number of carbonyl (C=O) groups excluding carboxylic acids is 1. The normalized spacial score (nSPS) is 21.6. The highest BCUT2D eigenvalue weighted by molar-refractivity contribution is 5.94. The van der Waals surface area contributed by atoms with Crippen LogP contribution in [0.25, 0.3) is 0 Å². The maximum atomic E-state index is 11.7. The SMILES string of the molecule is CC1OC(=O)c2ccc(C(=O)O)nc2C1(C)C. The summed E-state index contributed by atoms with van der Waals surface area (Å²) in [4.78, 5) is 26.6. The third-order valence-electron chi connectivity index (χ3n) is 3.24. The Morgan fingerprint density at radius 2 is 2.12 bits per heavy atom. The number of carboxylic acid groups (broad SMARTS) is 1. The molecule has 1 aromatic heterocycles. The number of pyridine rings is 1. The highest BCUT2D eigenvalue weighted by Gasteiger charge is 2.41. The maximum Gasteiger partial charge on any atom is 0.354 e. The zero-order valence-electron chi connectivity index (χ0n) is 9.85. The summed E-state index contributed by atoms with van der Waals surface area (Å²) in [5.41, 5.74) is 0.285. The Kier molecular flexibility index (Phi) is 2.41. The summed E-state index contributed by atoms with van der Waals surface area (Å²) in [5.74, 6) is -1.55. The van der Waals surface area contributed by atoms with Crippen molar-refractivity contribution in [2.45, 2.75) is 32.3 Å². The lowest BCUT2D eigenvalue weighted by Crippen LogP contribution is -2.42. The lowest BCUT2D eigenvalue weighted by atomic mass is 9.79. The molecule has 1 N–H and O–H groups in total. The van der Waals surface area contributed by atoms with Gasteiger partial charge in [0.1, 0.15) is 11.8 Å². The molecule has 0 amide bonds. The van der Waals surface area contributed by atoms with Crippen LogP contribution < -0.4 is 0 Å². The topological polar surface area (TPSA) is 76.5 Å². The fourth-order valence-corrected chi connectivity index (χ4v) is 1.80. The molecule has 1 aliphatic heterocycles. The number of carboxylic acids is 1. The van der Waals surface area contributed by atoms with Gasteiger partial charge in [0.15, 0.2) is 0 Å². The van der Waals surface area contributed by atoms with Crippen LogP contribution in [0.3, 0.4) is 0 Å². The van der Waals surface area contributed by atoms with E-state index in [4.69, 9.17) is 9.84 Å². The summed E-state index contributed by atoms with van der Waals surface area (Å²) >= 11 is 0. The number of cyclic esters (lactones) is 1. The van der Waals surface area contributed by atoms with Gasteiger partial charge in [0.05, 0.1) is 11.3 Å². The number of nitrogens with zero attached hydrogens (tertiary/aromatic N) is 1. The van der Waals surface area contributed by atoms with Gasteiger partial charge in [-0.1, -0.05) is 13.8 Å². The summed E-state index contributed by atoms with van der Waals surface area (Å²) in [6.07, 6.45) is -0.334. The monoisotopic (exact) mass is 235 g/mol. The van der Waals surface area contributed by atoms with Crippen molar-refractivity contribution in [3.05, 3.63) is 29.1 Å². The first-order valence-electron chi connectivity index (χ1n) is 5.30. The van der Waals surface area contributed by atoms with Gasteiger partial charge in [0.25, 0.3) is 0 Å². The fourth-order valence-electron chi connectivity index (χ4n) is 1.80. The zero-order chi connectivity index (χ0) is 12.8. The van der Waals surface area contributed by atoms with Crippen molar-refractivity contribution >= 4 is 11.9 Å². The maximum absolute atomic E-state index is 11.7. The van der Waals surface area contributed by atoms with Crippen LogP contribution in [-0.2, 0) is 10.2 Å². The van der Waals surface area contributed by atoms with Crippen LogP contribution in [-0.4, -0.2) is 28.1 Å². The Labute approximate surface area is 98.4 Å². The van der Waals surface area contributed by atoms with Crippen molar-refractivity contribution < 1.29 is 19.4 Å². The molecule has 17 heavy (non-hydrogen) atoms. The highest BCUT2D eigenvalue weighted by Crippen LogP contribution is 2.35. The molecule has 1 aliphatic rings. The van der Waals surface area contributed by atoms with Crippen LogP contribution in [0.4, 0.5) is 0 Å². The van der Waals surface area contributed by atoms with E-state index in [1.165, 1.54) is 12.1 Å². The van der Waals surface area contributed by atoms with Gasteiger partial charge in [-0.15, -0.1) is 0 Å². The molecule has 1 atom stereocenters. The van der Waals surface area contributed by atoms with Crippen LogP contribution in [0.5, 0.6) is 0 Å². The lowest BCUT2D eigenvalue weighted by Gasteiger charge is -2.36. The highest BCUT2D eigenvalue weighted by atomic mass is 16.5. The molecule has 0 radical (unpaired) electrons. The summed E-state index contributed by atoms with van der Waals surface area (Å²) in [5, 5.41) is 8.91. The Balaban J connectivity index is 2.65. The van der Waals surface area contributed by atoms with Crippen LogP contribution in [0.1, 0.15) is 47.3 Å². The standard InChI is InChI=1S/C12H13NO4/c1-6-12(2,3)9-7(11(16)17-6)4-5-8(13-9)10(14)15/h4-6H,1-3H3,(H,14,15). The van der Waals surface area contributed by atoms with Crippen LogP contribution in [0.2, 0.25) is 0 Å². The smallest absolute Gasteiger partial charge is 0.354 e. The van der Waals surface area contributed by atoms with Gasteiger partial charge in [-0.3, -0.25) is 0 Å². The van der Waals surface area contributed by atoms with Crippen molar-refractivity contribution in [3.8, 4) is 0 Å². The molecular formula is C12H13NO4. The van der Waals surface area contributed by atoms with Gasteiger partial charge < -0.3 is 9.84 Å². The first-order valence-corrected chi connectivity index (χ1v) is 5.30. The van der Waals surface area contributed by atoms with Crippen molar-refractivity contribution in [3.63, 3.8) is 0 Å². The second-order valence-corrected chi connectivity index (χ2v) is 4.67. The average Bonchev–Trinajstić information content (AvgIpc) is 2.26. The van der Waals surface area contributed by atoms with Crippen molar-refractivity contribution in [1.82, 2.24) is 4.98 Å². The number of aromatic nitrogens is 1. The molecule has 5 nitrogen and oxygen atoms in total. The molecule has 2 rings (SSSR count). The number of ether oxygens (including phenoxy) is 1. The van der Waals surface area contributed by atoms with E-state index in [0.717, 1.165) is 0 Å². The zero-order valence-corrected chi connectivity index (χ0v) is 9.85. The molecule has 1 aromatic rings. The Morgan fingerprint density at radius 3 is 2.71 bits per heavy atom. The van der Waals surface area contributed by atoms with E-state index in [2.05, 4.69) is 4.98 Å². The van der Waals surface area contributed by atoms with E-state index < -0.39 is 17.4 Å². The number of hydrogen-bond donors (Lipinski definition) is 1. The Bertz CT molecular complexity index is 507. The predicted octanol–water partition coefficient (Wildman–Crippen LogP) is 1.62. The lowest BCUT2D eigenvalue weighted by molar-refractivity contribution is 0.00842. The Morgan fingerprint density at radius 1 is 1.47 bits per heavy atom. The molecule has 0 aromatic carbocycles. The first kappa shape index (κ1) is 11.6. The van der Waals surface area contributed by atoms with E-state index in [1.54, 1.807) is 6.92 Å². The first-order chi connectivity index (χ1) is 7.84. The molecule has 90 valence electrons. The van der Waals surface area contributed by atoms with Crippen molar-refractivity contribution in [2.24, 2.45) is 0 Å². The molecule has 0 spiro atoms. The van der Waals surface area contributed by atoms with Gasteiger partial charge in [-0.05, 0) is 19.1 Å². The van der Waals surface area contributed by atoms with Crippen LogP contribution in [0, 0.1) is 0 Å². The predicted molar refractivity (Wildman–Crippen MR) is 59.1 cm³/mol. The molecule has 5 heteroatoms. The summed E-state index contributed by atoms with van der Waals surface area (Å²) in [7, 11) is 0. The number of carbonyl (C=O) groups is 2. The molecule has 2 heterocycles. The minimum atomic E-state index is -1.10. The molecule has 0 bridgehead atoms. The van der Waals surface area contributed by atoms with E-state index >= 15 is 0 Å². The van der Waals surface area contributed by atoms with Crippen molar-refractivity contribution in [2.75, 3.05) is 0 Å².